The second-order valence-electron chi connectivity index (χ2n) is 6.84. The monoisotopic (exact) mass is 452 g/mol. The van der Waals surface area contributed by atoms with E-state index in [1.807, 2.05) is 37.3 Å². The number of nitrogens with zero attached hydrogens (tertiary/aromatic N) is 3. The van der Waals surface area contributed by atoms with Crippen LogP contribution in [0.1, 0.15) is 24.2 Å². The van der Waals surface area contributed by atoms with Crippen molar-refractivity contribution in [1.82, 2.24) is 14.3 Å². The number of rotatable bonds is 6. The van der Waals surface area contributed by atoms with Crippen molar-refractivity contribution < 1.29 is 9.90 Å². The molecule has 3 aromatic rings. The Balaban J connectivity index is 1.74. The Morgan fingerprint density at radius 2 is 1.94 bits per heavy atom. The van der Waals surface area contributed by atoms with Gasteiger partial charge in [-0.15, -0.1) is 0 Å². The molecule has 1 aliphatic rings. The largest absolute Gasteiger partial charge is 0.387 e. The van der Waals surface area contributed by atoms with Gasteiger partial charge in [-0.3, -0.25) is 18.9 Å². The lowest BCUT2D eigenvalue weighted by atomic mass is 10.1. The summed E-state index contributed by atoms with van der Waals surface area (Å²) in [6.45, 7) is 2.46. The molecule has 3 heterocycles. The number of hydrogen-bond donors (Lipinski definition) is 2. The van der Waals surface area contributed by atoms with Gasteiger partial charge in [-0.05, 0) is 30.7 Å². The highest BCUT2D eigenvalue weighted by Crippen LogP contribution is 2.32. The number of anilines is 1. The van der Waals surface area contributed by atoms with Crippen LogP contribution in [-0.2, 0) is 4.79 Å². The van der Waals surface area contributed by atoms with Crippen LogP contribution in [0.5, 0.6) is 0 Å². The van der Waals surface area contributed by atoms with Gasteiger partial charge in [0.15, 0.2) is 0 Å². The van der Waals surface area contributed by atoms with Gasteiger partial charge in [0.05, 0.1) is 16.6 Å². The van der Waals surface area contributed by atoms with E-state index in [9.17, 15) is 14.7 Å². The number of fused-ring (bicyclic) bond motifs is 1. The van der Waals surface area contributed by atoms with Crippen LogP contribution in [0.2, 0.25) is 0 Å². The molecule has 1 fully saturated rings. The maximum atomic E-state index is 13.2. The Hall–Kier alpha value is -3.01. The Bertz CT molecular complexity index is 1240. The molecule has 0 spiro atoms. The van der Waals surface area contributed by atoms with Crippen molar-refractivity contribution in [2.24, 2.45) is 0 Å². The molecule has 0 aliphatic carbocycles. The van der Waals surface area contributed by atoms with Crippen molar-refractivity contribution in [1.29, 1.82) is 0 Å². The average molecular weight is 453 g/mol. The predicted molar refractivity (Wildman–Crippen MR) is 127 cm³/mol. The van der Waals surface area contributed by atoms with E-state index in [1.54, 1.807) is 24.4 Å². The van der Waals surface area contributed by atoms with E-state index in [0.29, 0.717) is 27.2 Å². The molecule has 1 amide bonds. The van der Waals surface area contributed by atoms with Gasteiger partial charge < -0.3 is 10.4 Å². The number of aliphatic hydroxyl groups is 1. The molecule has 0 bridgehead atoms. The molecule has 7 nitrogen and oxygen atoms in total. The lowest BCUT2D eigenvalue weighted by molar-refractivity contribution is -0.121. The number of amides is 1. The van der Waals surface area contributed by atoms with E-state index in [0.717, 1.165) is 17.3 Å². The third-order valence-electron chi connectivity index (χ3n) is 4.88. The van der Waals surface area contributed by atoms with Crippen molar-refractivity contribution in [2.45, 2.75) is 13.0 Å². The Morgan fingerprint density at radius 1 is 1.19 bits per heavy atom. The minimum atomic E-state index is -0.789. The molecule has 1 atom stereocenters. The number of nitrogens with one attached hydrogen (secondary N) is 1. The van der Waals surface area contributed by atoms with Gasteiger partial charge >= 0.3 is 0 Å². The highest BCUT2D eigenvalue weighted by atomic mass is 32.2. The molecule has 1 aliphatic heterocycles. The second kappa shape index (κ2) is 9.01. The molecule has 1 aromatic carbocycles. The Morgan fingerprint density at radius 3 is 2.65 bits per heavy atom. The van der Waals surface area contributed by atoms with Crippen LogP contribution in [0.4, 0.5) is 5.82 Å². The van der Waals surface area contributed by atoms with Crippen LogP contribution in [0.15, 0.2) is 64.4 Å². The number of aromatic nitrogens is 2. The highest BCUT2D eigenvalue weighted by Gasteiger charge is 2.31. The van der Waals surface area contributed by atoms with Crippen LogP contribution in [0.3, 0.4) is 0 Å². The summed E-state index contributed by atoms with van der Waals surface area (Å²) in [6, 6.07) is 14.5. The summed E-state index contributed by atoms with van der Waals surface area (Å²) in [5, 5.41) is 13.6. The third kappa shape index (κ3) is 4.25. The van der Waals surface area contributed by atoms with E-state index in [1.165, 1.54) is 15.4 Å². The number of thiocarbonyl (C=S) groups is 1. The van der Waals surface area contributed by atoms with Gasteiger partial charge in [-0.1, -0.05) is 60.4 Å². The molecule has 4 rings (SSSR count). The molecule has 0 radical (unpaired) electrons. The first kappa shape index (κ1) is 21.2. The SMILES string of the molecule is CCN1C(=O)C(=Cc2c(NCC(O)c3ccccc3)nc3ccccn3c2=O)SC1=S. The van der Waals surface area contributed by atoms with Gasteiger partial charge in [0.2, 0.25) is 0 Å². The van der Waals surface area contributed by atoms with Crippen LogP contribution in [0.25, 0.3) is 11.7 Å². The van der Waals surface area contributed by atoms with Crippen LogP contribution in [-0.4, -0.2) is 42.7 Å². The molecule has 31 heavy (non-hydrogen) atoms. The Kier molecular flexibility index (Phi) is 6.17. The van der Waals surface area contributed by atoms with Crippen molar-refractivity contribution in [3.63, 3.8) is 0 Å². The quantitative estimate of drug-likeness (QED) is 0.439. The third-order valence-corrected chi connectivity index (χ3v) is 6.26. The lowest BCUT2D eigenvalue weighted by Crippen LogP contribution is -2.27. The fourth-order valence-electron chi connectivity index (χ4n) is 3.26. The van der Waals surface area contributed by atoms with Crippen molar-refractivity contribution in [2.75, 3.05) is 18.4 Å². The summed E-state index contributed by atoms with van der Waals surface area (Å²) < 4.78 is 1.88. The first-order valence-corrected chi connectivity index (χ1v) is 11.0. The second-order valence-corrected chi connectivity index (χ2v) is 8.52. The topological polar surface area (TPSA) is 86.9 Å². The van der Waals surface area contributed by atoms with Gasteiger partial charge in [0.1, 0.15) is 15.8 Å². The van der Waals surface area contributed by atoms with E-state index in [-0.39, 0.29) is 23.6 Å². The van der Waals surface area contributed by atoms with Crippen molar-refractivity contribution >= 4 is 51.7 Å². The number of hydrogen-bond acceptors (Lipinski definition) is 7. The van der Waals surface area contributed by atoms with Crippen LogP contribution in [0, 0.1) is 0 Å². The lowest BCUT2D eigenvalue weighted by Gasteiger charge is -2.15. The molecule has 2 N–H and O–H groups in total. The van der Waals surface area contributed by atoms with Gasteiger partial charge in [0.25, 0.3) is 11.5 Å². The zero-order valence-corrected chi connectivity index (χ0v) is 18.3. The molecule has 1 saturated heterocycles. The summed E-state index contributed by atoms with van der Waals surface area (Å²) in [5.74, 6) is 0.0678. The molecular formula is C22H20N4O3S2. The minimum Gasteiger partial charge on any atom is -0.387 e. The fraction of sp³-hybridized carbons (Fsp3) is 0.182. The molecule has 2 aromatic heterocycles. The van der Waals surface area contributed by atoms with Gasteiger partial charge in [-0.25, -0.2) is 4.98 Å². The van der Waals surface area contributed by atoms with E-state index < -0.39 is 6.10 Å². The van der Waals surface area contributed by atoms with Crippen LogP contribution >= 0.6 is 24.0 Å². The number of likely N-dealkylation sites (N-methyl/N-ethyl adjacent to an activating group) is 1. The predicted octanol–water partition coefficient (Wildman–Crippen LogP) is 3.06. The number of thioether (sulfide) groups is 1. The van der Waals surface area contributed by atoms with Gasteiger partial charge in [-0.2, -0.15) is 0 Å². The fourth-order valence-corrected chi connectivity index (χ4v) is 4.62. The number of aliphatic hydroxyl groups excluding tert-OH is 1. The summed E-state index contributed by atoms with van der Waals surface area (Å²) >= 11 is 6.43. The molecule has 9 heteroatoms. The number of carbonyl (C=O) groups excluding carboxylic acids is 1. The first-order valence-electron chi connectivity index (χ1n) is 9.73. The zero-order chi connectivity index (χ0) is 22.0. The normalized spacial score (nSPS) is 16.3. The maximum Gasteiger partial charge on any atom is 0.267 e. The summed E-state index contributed by atoms with van der Waals surface area (Å²) in [6.07, 6.45) is 2.37. The summed E-state index contributed by atoms with van der Waals surface area (Å²) in [7, 11) is 0. The Labute approximate surface area is 188 Å². The average Bonchev–Trinajstić information content (AvgIpc) is 3.06. The smallest absolute Gasteiger partial charge is 0.267 e. The molecular weight excluding hydrogens is 432 g/mol. The number of pyridine rings is 1. The maximum absolute atomic E-state index is 13.2. The molecule has 1 unspecified atom stereocenters. The van der Waals surface area contributed by atoms with Crippen LogP contribution < -0.4 is 10.9 Å². The van der Waals surface area contributed by atoms with E-state index in [4.69, 9.17) is 12.2 Å². The summed E-state index contributed by atoms with van der Waals surface area (Å²) in [4.78, 5) is 32.3. The molecule has 158 valence electrons. The van der Waals surface area contributed by atoms with E-state index in [2.05, 4.69) is 10.3 Å². The van der Waals surface area contributed by atoms with Crippen molar-refractivity contribution in [3.05, 3.63) is 81.1 Å². The van der Waals surface area contributed by atoms with E-state index >= 15 is 0 Å². The first-order chi connectivity index (χ1) is 15.0. The summed E-state index contributed by atoms with van der Waals surface area (Å²) in [5.41, 5.74) is 1.13. The number of benzene rings is 1. The number of carbonyl (C=O) groups is 1. The zero-order valence-electron chi connectivity index (χ0n) is 16.7. The minimum absolute atomic E-state index is 0.149. The molecule has 0 saturated carbocycles. The van der Waals surface area contributed by atoms with Crippen molar-refractivity contribution in [3.8, 4) is 0 Å². The van der Waals surface area contributed by atoms with Gasteiger partial charge in [0, 0.05) is 19.3 Å². The highest BCUT2D eigenvalue weighted by molar-refractivity contribution is 8.26. The standard InChI is InChI=1S/C22H20N4O3S2/c1-2-25-21(29)17(31-22(25)30)12-15-19(23-13-16(27)14-8-4-3-5-9-14)24-18-10-6-7-11-26(18)20(15)28/h3-12,16,23,27H,2,13H2,1H3.